The molecule has 7 nitrogen and oxygen atoms in total. The highest BCUT2D eigenvalue weighted by Gasteiger charge is 2.34. The summed E-state index contributed by atoms with van der Waals surface area (Å²) in [6.07, 6.45) is 0.647. The number of carbonyl (C=O) groups excluding carboxylic acids is 1. The van der Waals surface area contributed by atoms with Gasteiger partial charge in [-0.05, 0) is 61.8 Å². The quantitative estimate of drug-likeness (QED) is 0.218. The number of hydrogen-bond acceptors (Lipinski definition) is 4. The van der Waals surface area contributed by atoms with Gasteiger partial charge in [-0.25, -0.2) is 4.98 Å². The van der Waals surface area contributed by atoms with E-state index in [4.69, 9.17) is 17.5 Å². The second-order valence-electron chi connectivity index (χ2n) is 10.5. The van der Waals surface area contributed by atoms with Crippen molar-refractivity contribution in [2.45, 2.75) is 64.8 Å². The lowest BCUT2D eigenvalue weighted by molar-refractivity contribution is -0.138. The second-order valence-corrected chi connectivity index (χ2v) is 10.9. The van der Waals surface area contributed by atoms with Crippen molar-refractivity contribution in [2.24, 2.45) is 0 Å². The van der Waals surface area contributed by atoms with Gasteiger partial charge in [0.05, 0.1) is 35.5 Å². The maximum Gasteiger partial charge on any atom is 0.416 e. The largest absolute Gasteiger partial charge is 0.416 e. The summed E-state index contributed by atoms with van der Waals surface area (Å²) in [4.78, 5) is 19.0. The lowest BCUT2D eigenvalue weighted by Gasteiger charge is -2.35. The molecule has 0 atom stereocenters. The van der Waals surface area contributed by atoms with Crippen LogP contribution in [-0.2, 0) is 30.5 Å². The molecular weight excluding hydrogens is 549 g/mol. The molecule has 218 valence electrons. The third kappa shape index (κ3) is 9.60. The van der Waals surface area contributed by atoms with Gasteiger partial charge in [-0.3, -0.25) is 4.79 Å². The number of nitrogens with one attached hydrogen (secondary N) is 2. The van der Waals surface area contributed by atoms with Gasteiger partial charge in [-0.2, -0.15) is 18.4 Å². The van der Waals surface area contributed by atoms with E-state index < -0.39 is 17.3 Å². The maximum absolute atomic E-state index is 13.7. The van der Waals surface area contributed by atoms with Crippen LogP contribution in [0.2, 0.25) is 0 Å². The highest BCUT2D eigenvalue weighted by atomic mass is 32.1. The lowest BCUT2D eigenvalue weighted by atomic mass is 10.0. The number of halogens is 3. The van der Waals surface area contributed by atoms with Crippen LogP contribution in [0.5, 0.6) is 0 Å². The predicted molar refractivity (Wildman–Crippen MR) is 156 cm³/mol. The number of nitrogens with zero attached hydrogens (tertiary/aromatic N) is 4. The Kier molecular flexibility index (Phi) is 10.9. The first kappa shape index (κ1) is 31.6. The Balaban J connectivity index is 1.71. The summed E-state index contributed by atoms with van der Waals surface area (Å²) in [6, 6.07) is 14.7. The zero-order valence-corrected chi connectivity index (χ0v) is 24.3. The number of thiocarbonyl (C=S) groups is 1. The van der Waals surface area contributed by atoms with Gasteiger partial charge < -0.3 is 20.1 Å². The van der Waals surface area contributed by atoms with Crippen molar-refractivity contribution in [3.63, 3.8) is 0 Å². The van der Waals surface area contributed by atoms with Crippen LogP contribution in [-0.4, -0.2) is 44.1 Å². The Hall–Kier alpha value is -3.91. The fourth-order valence-corrected chi connectivity index (χ4v) is 4.68. The highest BCUT2D eigenvalue weighted by molar-refractivity contribution is 7.80. The van der Waals surface area contributed by atoms with E-state index in [1.54, 1.807) is 35.6 Å². The number of unbranched alkanes of at least 4 members (excludes halogenated alkanes) is 1. The van der Waals surface area contributed by atoms with Crippen molar-refractivity contribution >= 4 is 23.2 Å². The van der Waals surface area contributed by atoms with Crippen molar-refractivity contribution in [3.8, 4) is 6.07 Å². The summed E-state index contributed by atoms with van der Waals surface area (Å²) in [5.74, 6) is -0.253. The molecule has 3 rings (SSSR count). The van der Waals surface area contributed by atoms with E-state index in [0.29, 0.717) is 29.5 Å². The number of rotatable bonds is 12. The molecule has 1 aromatic heterocycles. The number of alkyl halides is 3. The van der Waals surface area contributed by atoms with Crippen LogP contribution in [0.1, 0.15) is 61.6 Å². The zero-order valence-electron chi connectivity index (χ0n) is 23.5. The number of aromatic nitrogens is 2. The summed E-state index contributed by atoms with van der Waals surface area (Å²) >= 11 is 5.59. The molecule has 11 heteroatoms. The molecule has 0 aliphatic rings. The van der Waals surface area contributed by atoms with Crippen molar-refractivity contribution in [1.82, 2.24) is 25.1 Å². The van der Waals surface area contributed by atoms with Crippen molar-refractivity contribution in [1.29, 1.82) is 5.26 Å². The first-order valence-electron chi connectivity index (χ1n) is 13.4. The van der Waals surface area contributed by atoms with E-state index in [2.05, 4.69) is 21.7 Å². The molecule has 41 heavy (non-hydrogen) atoms. The number of hydrogen-bond donors (Lipinski definition) is 2. The molecule has 0 saturated heterocycles. The average Bonchev–Trinajstić information content (AvgIpc) is 3.34. The van der Waals surface area contributed by atoms with Gasteiger partial charge in [-0.1, -0.05) is 43.7 Å². The predicted octanol–water partition coefficient (Wildman–Crippen LogP) is 5.44. The molecule has 0 radical (unpaired) electrons. The minimum Gasteiger partial charge on any atom is -0.363 e. The summed E-state index contributed by atoms with van der Waals surface area (Å²) in [7, 11) is 0. The van der Waals surface area contributed by atoms with E-state index in [-0.39, 0.29) is 31.0 Å². The summed E-state index contributed by atoms with van der Waals surface area (Å²) in [5.41, 5.74) is 0.807. The fraction of sp³-hybridized carbons (Fsp3) is 0.400. The summed E-state index contributed by atoms with van der Waals surface area (Å²) in [5, 5.41) is 15.5. The third-order valence-corrected chi connectivity index (χ3v) is 6.82. The monoisotopic (exact) mass is 584 g/mol. The SMILES string of the molecule is CCCCNC(=S)N(Cc1ccccc1C(F)(F)F)CC(C)(C)NC(=O)Cc1cncn1Cc1ccc(C#N)cc1. The Morgan fingerprint density at radius 1 is 1.15 bits per heavy atom. The Morgan fingerprint density at radius 3 is 2.51 bits per heavy atom. The van der Waals surface area contributed by atoms with Gasteiger partial charge in [0.2, 0.25) is 5.91 Å². The number of nitriles is 1. The maximum atomic E-state index is 13.7. The minimum absolute atomic E-state index is 0.0652. The van der Waals surface area contributed by atoms with Crippen LogP contribution < -0.4 is 10.6 Å². The van der Waals surface area contributed by atoms with E-state index in [1.165, 1.54) is 12.1 Å². The molecule has 0 aliphatic heterocycles. The van der Waals surface area contributed by atoms with Gasteiger partial charge >= 0.3 is 6.18 Å². The first-order chi connectivity index (χ1) is 19.4. The topological polar surface area (TPSA) is 86.0 Å². The van der Waals surface area contributed by atoms with Crippen LogP contribution in [0.25, 0.3) is 0 Å². The molecule has 0 bridgehead atoms. The van der Waals surface area contributed by atoms with Crippen LogP contribution in [0.15, 0.2) is 61.1 Å². The smallest absolute Gasteiger partial charge is 0.363 e. The molecule has 0 aliphatic carbocycles. The standard InChI is InChI=1S/C30H35F3N6OS/c1-4-5-14-36-28(41)38(19-24-8-6-7-9-26(24)30(31,32)33)20-29(2,3)37-27(40)15-25-17-35-21-39(25)18-23-12-10-22(16-34)11-13-23/h6-13,17,21H,4-5,14-15,18-20H2,1-3H3,(H,36,41)(H,37,40). The van der Waals surface area contributed by atoms with E-state index in [1.807, 2.05) is 37.5 Å². The summed E-state index contributed by atoms with van der Waals surface area (Å²) < 4.78 is 43.0. The van der Waals surface area contributed by atoms with Gasteiger partial charge in [0, 0.05) is 38.1 Å². The van der Waals surface area contributed by atoms with E-state index in [9.17, 15) is 18.0 Å². The van der Waals surface area contributed by atoms with Gasteiger partial charge in [0.25, 0.3) is 0 Å². The van der Waals surface area contributed by atoms with Crippen molar-refractivity contribution < 1.29 is 18.0 Å². The Labute approximate surface area is 244 Å². The second kappa shape index (κ2) is 14.1. The molecule has 0 unspecified atom stereocenters. The van der Waals surface area contributed by atoms with E-state index in [0.717, 1.165) is 24.5 Å². The number of carbonyl (C=O) groups is 1. The fourth-order valence-electron chi connectivity index (χ4n) is 4.45. The molecule has 0 saturated carbocycles. The van der Waals surface area contributed by atoms with Crippen LogP contribution in [0.4, 0.5) is 13.2 Å². The lowest BCUT2D eigenvalue weighted by Crippen LogP contribution is -2.54. The first-order valence-corrected chi connectivity index (χ1v) is 13.8. The van der Waals surface area contributed by atoms with E-state index >= 15 is 0 Å². The molecule has 0 fully saturated rings. The van der Waals surface area contributed by atoms with Gasteiger partial charge in [0.1, 0.15) is 0 Å². The number of imidazole rings is 1. The van der Waals surface area contributed by atoms with Crippen molar-refractivity contribution in [3.05, 3.63) is 89.0 Å². The number of benzene rings is 2. The zero-order chi connectivity index (χ0) is 30.0. The normalized spacial score (nSPS) is 11.5. The van der Waals surface area contributed by atoms with Crippen LogP contribution in [0, 0.1) is 11.3 Å². The molecule has 0 spiro atoms. The molecular formula is C30H35F3N6OS. The molecule has 3 aromatic rings. The number of amides is 1. The van der Waals surface area contributed by atoms with Gasteiger partial charge in [-0.15, -0.1) is 0 Å². The van der Waals surface area contributed by atoms with Crippen LogP contribution in [0.3, 0.4) is 0 Å². The highest BCUT2D eigenvalue weighted by Crippen LogP contribution is 2.32. The Morgan fingerprint density at radius 2 is 1.85 bits per heavy atom. The molecule has 2 aromatic carbocycles. The Bertz CT molecular complexity index is 1360. The molecule has 2 N–H and O–H groups in total. The summed E-state index contributed by atoms with van der Waals surface area (Å²) in [6.45, 7) is 6.88. The third-order valence-electron chi connectivity index (χ3n) is 6.42. The van der Waals surface area contributed by atoms with Gasteiger partial charge in [0.15, 0.2) is 5.11 Å². The van der Waals surface area contributed by atoms with Crippen LogP contribution >= 0.6 is 12.2 Å². The minimum atomic E-state index is -4.50. The molecule has 1 amide bonds. The molecule has 1 heterocycles. The van der Waals surface area contributed by atoms with Crippen molar-refractivity contribution in [2.75, 3.05) is 13.1 Å². The average molecular weight is 585 g/mol.